The molecule has 2 saturated carbocycles. The highest BCUT2D eigenvalue weighted by molar-refractivity contribution is 6.01. The van der Waals surface area contributed by atoms with E-state index in [4.69, 9.17) is 19.7 Å². The maximum Gasteiger partial charge on any atom is 0.227 e. The fourth-order valence-corrected chi connectivity index (χ4v) is 4.68. The lowest BCUT2D eigenvalue weighted by Crippen LogP contribution is -2.24. The highest BCUT2D eigenvalue weighted by Crippen LogP contribution is 2.32. The van der Waals surface area contributed by atoms with Gasteiger partial charge in [0.15, 0.2) is 0 Å². The predicted octanol–water partition coefficient (Wildman–Crippen LogP) is 3.27. The van der Waals surface area contributed by atoms with E-state index in [1.165, 1.54) is 12.8 Å². The van der Waals surface area contributed by atoms with Crippen LogP contribution >= 0.6 is 0 Å². The first-order valence-electron chi connectivity index (χ1n) is 12.1. The standard InChI is InChI=1S/C25H34N6O2/c1-15-22(24-30-21-11-19(26-2)5-3-4-18(21)14-33-24)23(29-20-9-8-17(10-20)13-32)31-25(28-15)27-12-16-6-7-16/h3-4,11,16-17,20,26,32H,5-10,12-14H2,1-2H3,(H2,27,28,29,31). The van der Waals surface area contributed by atoms with Crippen molar-refractivity contribution in [2.45, 2.75) is 51.5 Å². The molecule has 2 fully saturated rings. The van der Waals surface area contributed by atoms with Crippen LogP contribution in [0.1, 0.15) is 49.8 Å². The summed E-state index contributed by atoms with van der Waals surface area (Å²) in [4.78, 5) is 14.5. The molecule has 0 amide bonds. The second-order valence-corrected chi connectivity index (χ2v) is 9.53. The molecule has 2 unspecified atom stereocenters. The molecule has 0 bridgehead atoms. The number of nitrogens with one attached hydrogen (secondary N) is 3. The van der Waals surface area contributed by atoms with Crippen molar-refractivity contribution < 1.29 is 9.84 Å². The van der Waals surface area contributed by atoms with Crippen molar-refractivity contribution in [2.24, 2.45) is 16.8 Å². The van der Waals surface area contributed by atoms with Crippen molar-refractivity contribution in [3.63, 3.8) is 0 Å². The van der Waals surface area contributed by atoms with E-state index in [2.05, 4.69) is 34.2 Å². The summed E-state index contributed by atoms with van der Waals surface area (Å²) in [6.45, 7) is 3.61. The quantitative estimate of drug-likeness (QED) is 0.482. The Bertz CT molecular complexity index is 1020. The van der Waals surface area contributed by atoms with Gasteiger partial charge >= 0.3 is 0 Å². The molecule has 0 aromatic carbocycles. The lowest BCUT2D eigenvalue weighted by atomic mass is 10.1. The van der Waals surface area contributed by atoms with Crippen LogP contribution in [0.25, 0.3) is 0 Å². The summed E-state index contributed by atoms with van der Waals surface area (Å²) in [5, 5.41) is 19.9. The number of rotatable bonds is 8. The average Bonchev–Trinajstić information content (AvgIpc) is 3.58. The van der Waals surface area contributed by atoms with Gasteiger partial charge in [-0.2, -0.15) is 4.98 Å². The summed E-state index contributed by atoms with van der Waals surface area (Å²) >= 11 is 0. The fourth-order valence-electron chi connectivity index (χ4n) is 4.68. The van der Waals surface area contributed by atoms with Crippen LogP contribution in [-0.4, -0.2) is 53.8 Å². The number of nitrogens with zero attached hydrogens (tertiary/aromatic N) is 3. The van der Waals surface area contributed by atoms with E-state index in [9.17, 15) is 5.11 Å². The summed E-state index contributed by atoms with van der Waals surface area (Å²) in [6.07, 6.45) is 12.7. The number of aryl methyl sites for hydroxylation is 1. The highest BCUT2D eigenvalue weighted by atomic mass is 16.5. The van der Waals surface area contributed by atoms with E-state index in [-0.39, 0.29) is 12.6 Å². The number of hydrogen-bond acceptors (Lipinski definition) is 8. The zero-order chi connectivity index (χ0) is 22.8. The van der Waals surface area contributed by atoms with Gasteiger partial charge in [0, 0.05) is 43.9 Å². The molecule has 1 aromatic rings. The van der Waals surface area contributed by atoms with Crippen molar-refractivity contribution in [1.82, 2.24) is 15.3 Å². The molecular formula is C25H34N6O2. The van der Waals surface area contributed by atoms with E-state index in [1.54, 1.807) is 0 Å². The highest BCUT2D eigenvalue weighted by Gasteiger charge is 2.29. The first-order valence-corrected chi connectivity index (χ1v) is 12.1. The lowest BCUT2D eigenvalue weighted by Gasteiger charge is -2.22. The summed E-state index contributed by atoms with van der Waals surface area (Å²) in [7, 11) is 1.93. The Morgan fingerprint density at radius 2 is 2.00 bits per heavy atom. The summed E-state index contributed by atoms with van der Waals surface area (Å²) in [5.41, 5.74) is 4.76. The van der Waals surface area contributed by atoms with Gasteiger partial charge in [0.05, 0.1) is 11.4 Å². The minimum atomic E-state index is 0.239. The largest absolute Gasteiger partial charge is 0.472 e. The third-order valence-electron chi connectivity index (χ3n) is 6.89. The minimum absolute atomic E-state index is 0.239. The van der Waals surface area contributed by atoms with Crippen LogP contribution in [-0.2, 0) is 4.74 Å². The molecule has 0 radical (unpaired) electrons. The molecular weight excluding hydrogens is 416 g/mol. The molecule has 0 spiro atoms. The van der Waals surface area contributed by atoms with Crippen LogP contribution in [0.3, 0.4) is 0 Å². The van der Waals surface area contributed by atoms with E-state index < -0.39 is 0 Å². The van der Waals surface area contributed by atoms with Gasteiger partial charge in [-0.1, -0.05) is 12.2 Å². The van der Waals surface area contributed by atoms with E-state index in [1.807, 2.05) is 14.0 Å². The third-order valence-corrected chi connectivity index (χ3v) is 6.89. The smallest absolute Gasteiger partial charge is 0.227 e. The topological polar surface area (TPSA) is 104 Å². The van der Waals surface area contributed by atoms with Gasteiger partial charge in [-0.15, -0.1) is 0 Å². The van der Waals surface area contributed by atoms with Crippen LogP contribution in [0, 0.1) is 18.8 Å². The molecule has 8 nitrogen and oxygen atoms in total. The molecule has 2 heterocycles. The fraction of sp³-hybridized carbons (Fsp3) is 0.560. The lowest BCUT2D eigenvalue weighted by molar-refractivity contribution is 0.229. The zero-order valence-electron chi connectivity index (χ0n) is 19.5. The average molecular weight is 451 g/mol. The van der Waals surface area contributed by atoms with Gasteiger partial charge in [0.2, 0.25) is 11.8 Å². The number of ether oxygens (including phenoxy) is 1. The first kappa shape index (κ1) is 21.9. The Morgan fingerprint density at radius 3 is 2.76 bits per heavy atom. The second kappa shape index (κ2) is 9.55. The van der Waals surface area contributed by atoms with Crippen molar-refractivity contribution in [3.05, 3.63) is 46.5 Å². The Labute approximate surface area is 195 Å². The van der Waals surface area contributed by atoms with Crippen LogP contribution in [0.4, 0.5) is 11.8 Å². The maximum absolute atomic E-state index is 9.58. The second-order valence-electron chi connectivity index (χ2n) is 9.53. The number of hydrogen-bond donors (Lipinski definition) is 4. The van der Waals surface area contributed by atoms with E-state index in [0.717, 1.165) is 72.2 Å². The number of aliphatic hydroxyl groups is 1. The maximum atomic E-state index is 9.58. The van der Waals surface area contributed by atoms with Crippen LogP contribution in [0.5, 0.6) is 0 Å². The van der Waals surface area contributed by atoms with Gasteiger partial charge in [0.1, 0.15) is 18.0 Å². The first-order chi connectivity index (χ1) is 16.1. The summed E-state index contributed by atoms with van der Waals surface area (Å²) in [5.74, 6) is 3.04. The predicted molar refractivity (Wildman–Crippen MR) is 130 cm³/mol. The molecule has 1 aromatic heterocycles. The van der Waals surface area contributed by atoms with Crippen LogP contribution < -0.4 is 16.0 Å². The van der Waals surface area contributed by atoms with E-state index >= 15 is 0 Å². The minimum Gasteiger partial charge on any atom is -0.472 e. The molecule has 4 aliphatic rings. The van der Waals surface area contributed by atoms with Crippen molar-refractivity contribution in [3.8, 4) is 0 Å². The van der Waals surface area contributed by atoms with Crippen LogP contribution in [0.2, 0.25) is 0 Å². The molecule has 5 rings (SSSR count). The van der Waals surface area contributed by atoms with Gasteiger partial charge < -0.3 is 25.8 Å². The summed E-state index contributed by atoms with van der Waals surface area (Å²) in [6, 6.07) is 0.266. The Balaban J connectivity index is 1.48. The molecule has 4 N–H and O–H groups in total. The Hall–Kier alpha value is -2.87. The Morgan fingerprint density at radius 1 is 1.15 bits per heavy atom. The number of aliphatic imine (C=N–C) groups is 1. The number of allylic oxidation sites excluding steroid dienone is 2. The van der Waals surface area contributed by atoms with Crippen molar-refractivity contribution in [2.75, 3.05) is 37.4 Å². The zero-order valence-corrected chi connectivity index (χ0v) is 19.5. The molecule has 176 valence electrons. The summed E-state index contributed by atoms with van der Waals surface area (Å²) < 4.78 is 6.15. The molecule has 2 atom stereocenters. The molecule has 3 aliphatic carbocycles. The SMILES string of the molecule is CNC1=CC2=C(C=CC1)COC(c1c(C)nc(NCC3CC3)nc1NC1CCC(CO)C1)=N2. The van der Waals surface area contributed by atoms with Gasteiger partial charge in [0.25, 0.3) is 0 Å². The molecule has 1 aliphatic heterocycles. The number of aromatic nitrogens is 2. The monoisotopic (exact) mass is 450 g/mol. The number of aliphatic hydroxyl groups excluding tert-OH is 1. The normalized spacial score (nSPS) is 24.5. The molecule has 33 heavy (non-hydrogen) atoms. The third kappa shape index (κ3) is 5.05. The van der Waals surface area contributed by atoms with Crippen LogP contribution in [0.15, 0.2) is 40.2 Å². The van der Waals surface area contributed by atoms with Crippen molar-refractivity contribution >= 4 is 17.7 Å². The number of anilines is 2. The Kier molecular flexibility index (Phi) is 6.35. The molecule has 0 saturated heterocycles. The van der Waals surface area contributed by atoms with E-state index in [0.29, 0.717) is 24.4 Å². The van der Waals surface area contributed by atoms with Gasteiger partial charge in [-0.3, -0.25) is 0 Å². The van der Waals surface area contributed by atoms with Crippen molar-refractivity contribution in [1.29, 1.82) is 0 Å². The molecule has 8 heteroatoms. The van der Waals surface area contributed by atoms with Gasteiger partial charge in [-0.25, -0.2) is 9.98 Å². The van der Waals surface area contributed by atoms with Gasteiger partial charge in [-0.05, 0) is 56.9 Å².